The molecule has 0 amide bonds. The first-order valence-electron chi connectivity index (χ1n) is 7.68. The number of fused-ring (bicyclic) bond motifs is 1. The quantitative estimate of drug-likeness (QED) is 0.669. The molecular weight excluding hydrogens is 302 g/mol. The van der Waals surface area contributed by atoms with Crippen LogP contribution in [0.15, 0.2) is 30.3 Å². The monoisotopic (exact) mass is 325 g/mol. The predicted molar refractivity (Wildman–Crippen MR) is 80.6 cm³/mol. The molecule has 0 aromatic heterocycles. The lowest BCUT2D eigenvalue weighted by Crippen LogP contribution is -2.37. The highest BCUT2D eigenvalue weighted by Gasteiger charge is 2.50. The van der Waals surface area contributed by atoms with Gasteiger partial charge in [-0.2, -0.15) is 5.06 Å². The van der Waals surface area contributed by atoms with Gasteiger partial charge < -0.3 is 23.7 Å². The maximum absolute atomic E-state index is 5.88. The first-order valence-corrected chi connectivity index (χ1v) is 7.68. The summed E-state index contributed by atoms with van der Waals surface area (Å²) in [4.78, 5) is 5.88. The molecule has 2 heterocycles. The number of para-hydroxylation sites is 1. The van der Waals surface area contributed by atoms with Gasteiger partial charge in [-0.25, -0.2) is 0 Å². The Balaban J connectivity index is 1.59. The van der Waals surface area contributed by atoms with Crippen molar-refractivity contribution in [3.05, 3.63) is 30.3 Å². The Morgan fingerprint density at radius 2 is 1.83 bits per heavy atom. The fourth-order valence-corrected chi connectivity index (χ4v) is 2.98. The highest BCUT2D eigenvalue weighted by molar-refractivity contribution is 5.21. The minimum absolute atomic E-state index is 0.0701. The van der Waals surface area contributed by atoms with Crippen molar-refractivity contribution in [3.8, 4) is 5.75 Å². The third-order valence-electron chi connectivity index (χ3n) is 3.95. The molecule has 1 aromatic rings. The van der Waals surface area contributed by atoms with Crippen LogP contribution in [0.2, 0.25) is 0 Å². The molecule has 0 spiro atoms. The van der Waals surface area contributed by atoms with E-state index in [0.29, 0.717) is 13.0 Å². The summed E-state index contributed by atoms with van der Waals surface area (Å²) in [5, 5.41) is 1.88. The Morgan fingerprint density at radius 3 is 2.57 bits per heavy atom. The van der Waals surface area contributed by atoms with E-state index in [1.807, 2.05) is 35.4 Å². The van der Waals surface area contributed by atoms with Crippen molar-refractivity contribution in [3.63, 3.8) is 0 Å². The Morgan fingerprint density at radius 1 is 1.09 bits per heavy atom. The molecule has 2 saturated heterocycles. The molecule has 2 fully saturated rings. The van der Waals surface area contributed by atoms with E-state index in [9.17, 15) is 0 Å². The highest BCUT2D eigenvalue weighted by Crippen LogP contribution is 2.34. The Kier molecular flexibility index (Phi) is 5.82. The molecule has 0 saturated carbocycles. The molecule has 0 N–H and O–H groups in total. The molecule has 1 aromatic carbocycles. The molecule has 23 heavy (non-hydrogen) atoms. The van der Waals surface area contributed by atoms with Gasteiger partial charge in [-0.1, -0.05) is 18.2 Å². The van der Waals surface area contributed by atoms with Crippen LogP contribution in [0.25, 0.3) is 0 Å². The lowest BCUT2D eigenvalue weighted by molar-refractivity contribution is -0.209. The zero-order chi connectivity index (χ0) is 16.1. The van der Waals surface area contributed by atoms with E-state index in [1.165, 1.54) is 0 Å². The van der Waals surface area contributed by atoms with E-state index in [4.69, 9.17) is 28.5 Å². The molecule has 7 heteroatoms. The van der Waals surface area contributed by atoms with Crippen LogP contribution < -0.4 is 4.74 Å². The van der Waals surface area contributed by atoms with Crippen LogP contribution in [0, 0.1) is 0 Å². The lowest BCUT2D eigenvalue weighted by Gasteiger charge is -2.23. The number of nitrogens with zero attached hydrogens (tertiary/aromatic N) is 1. The SMILES string of the molecule is COCO[C@@H]1[C@H]2C[C@H](Oc3ccccc3)ON2C[C@H]1OCOC. The van der Waals surface area contributed by atoms with Gasteiger partial charge in [-0.15, -0.1) is 0 Å². The summed E-state index contributed by atoms with van der Waals surface area (Å²) in [6.45, 7) is 1.05. The molecule has 4 atom stereocenters. The zero-order valence-corrected chi connectivity index (χ0v) is 13.4. The van der Waals surface area contributed by atoms with E-state index in [1.54, 1.807) is 14.2 Å². The molecule has 7 nitrogen and oxygen atoms in total. The molecule has 2 aliphatic heterocycles. The summed E-state index contributed by atoms with van der Waals surface area (Å²) < 4.78 is 27.4. The molecule has 0 aliphatic carbocycles. The fourth-order valence-electron chi connectivity index (χ4n) is 2.98. The number of rotatable bonds is 8. The van der Waals surface area contributed by atoms with Crippen molar-refractivity contribution < 1.29 is 28.5 Å². The van der Waals surface area contributed by atoms with Crippen molar-refractivity contribution >= 4 is 0 Å². The summed E-state index contributed by atoms with van der Waals surface area (Å²) in [7, 11) is 3.20. The fraction of sp³-hybridized carbons (Fsp3) is 0.625. The second-order valence-corrected chi connectivity index (χ2v) is 5.52. The van der Waals surface area contributed by atoms with Gasteiger partial charge in [0.1, 0.15) is 31.5 Å². The van der Waals surface area contributed by atoms with Crippen LogP contribution in [-0.4, -0.2) is 64.0 Å². The maximum atomic E-state index is 5.88. The van der Waals surface area contributed by atoms with E-state index in [0.717, 1.165) is 5.75 Å². The van der Waals surface area contributed by atoms with Crippen molar-refractivity contribution in [2.24, 2.45) is 0 Å². The number of hydrogen-bond acceptors (Lipinski definition) is 7. The van der Waals surface area contributed by atoms with Gasteiger partial charge in [0.15, 0.2) is 0 Å². The van der Waals surface area contributed by atoms with Crippen LogP contribution >= 0.6 is 0 Å². The maximum Gasteiger partial charge on any atom is 0.219 e. The minimum atomic E-state index is -0.320. The van der Waals surface area contributed by atoms with Crippen LogP contribution in [-0.2, 0) is 23.8 Å². The first-order chi connectivity index (χ1) is 11.3. The van der Waals surface area contributed by atoms with E-state index < -0.39 is 0 Å². The molecule has 128 valence electrons. The Labute approximate surface area is 135 Å². The van der Waals surface area contributed by atoms with Gasteiger partial charge >= 0.3 is 0 Å². The van der Waals surface area contributed by atoms with Crippen LogP contribution in [0.5, 0.6) is 5.75 Å². The van der Waals surface area contributed by atoms with E-state index >= 15 is 0 Å². The predicted octanol–water partition coefficient (Wildman–Crippen LogP) is 1.39. The molecule has 2 aliphatic rings. The largest absolute Gasteiger partial charge is 0.463 e. The smallest absolute Gasteiger partial charge is 0.219 e. The van der Waals surface area contributed by atoms with Gasteiger partial charge in [0.05, 0.1) is 12.6 Å². The molecule has 0 radical (unpaired) electrons. The van der Waals surface area contributed by atoms with Crippen molar-refractivity contribution in [1.82, 2.24) is 5.06 Å². The standard InChI is InChI=1S/C16H23NO6/c1-18-10-20-14-9-17-13(16(14)21-11-19-2)8-15(23-17)22-12-6-4-3-5-7-12/h3-7,13-16H,8-11H2,1-2H3/t13-,14-,15-,16-/m1/s1. The number of hydrogen-bond donors (Lipinski definition) is 0. The van der Waals surface area contributed by atoms with Gasteiger partial charge in [-0.05, 0) is 12.1 Å². The van der Waals surface area contributed by atoms with Crippen LogP contribution in [0.3, 0.4) is 0 Å². The normalized spacial score (nSPS) is 30.5. The third kappa shape index (κ3) is 4.00. The lowest BCUT2D eigenvalue weighted by atomic mass is 10.1. The van der Waals surface area contributed by atoms with Crippen LogP contribution in [0.1, 0.15) is 6.42 Å². The number of benzene rings is 1. The second kappa shape index (κ2) is 8.05. The molecule has 3 rings (SSSR count). The topological polar surface area (TPSA) is 58.6 Å². The van der Waals surface area contributed by atoms with Crippen LogP contribution in [0.4, 0.5) is 0 Å². The zero-order valence-electron chi connectivity index (χ0n) is 13.4. The van der Waals surface area contributed by atoms with Gasteiger partial charge in [0.25, 0.3) is 0 Å². The first kappa shape index (κ1) is 16.6. The van der Waals surface area contributed by atoms with Gasteiger partial charge in [0, 0.05) is 20.6 Å². The minimum Gasteiger partial charge on any atom is -0.463 e. The van der Waals surface area contributed by atoms with Gasteiger partial charge in [0.2, 0.25) is 6.29 Å². The van der Waals surface area contributed by atoms with Crippen molar-refractivity contribution in [2.75, 3.05) is 34.4 Å². The summed E-state index contributed by atoms with van der Waals surface area (Å²) in [6.07, 6.45) is 0.123. The summed E-state index contributed by atoms with van der Waals surface area (Å²) >= 11 is 0. The number of hydroxylamine groups is 2. The second-order valence-electron chi connectivity index (χ2n) is 5.52. The van der Waals surface area contributed by atoms with Crippen molar-refractivity contribution in [2.45, 2.75) is 31.0 Å². The number of methoxy groups -OCH3 is 2. The van der Waals surface area contributed by atoms with Gasteiger partial charge in [-0.3, -0.25) is 4.84 Å². The van der Waals surface area contributed by atoms with Crippen molar-refractivity contribution in [1.29, 1.82) is 0 Å². The van der Waals surface area contributed by atoms with E-state index in [2.05, 4.69) is 0 Å². The third-order valence-corrected chi connectivity index (χ3v) is 3.95. The van der Waals surface area contributed by atoms with E-state index in [-0.39, 0.29) is 38.1 Å². The average Bonchev–Trinajstić information content (AvgIpc) is 3.09. The summed E-state index contributed by atoms with van der Waals surface area (Å²) in [5.41, 5.74) is 0. The molecule has 0 unspecified atom stereocenters. The Hall–Kier alpha value is -1.22. The summed E-state index contributed by atoms with van der Waals surface area (Å²) in [5.74, 6) is 0.792. The number of ether oxygens (including phenoxy) is 5. The highest BCUT2D eigenvalue weighted by atomic mass is 16.8. The molecular formula is C16H23NO6. The summed E-state index contributed by atoms with van der Waals surface area (Å²) in [6, 6.07) is 9.72. The average molecular weight is 325 g/mol. The Bertz CT molecular complexity index is 473. The molecule has 0 bridgehead atoms.